The summed E-state index contributed by atoms with van der Waals surface area (Å²) in [6.45, 7) is 4.59. The molecule has 2 aromatic heterocycles. The van der Waals surface area contributed by atoms with Crippen molar-refractivity contribution >= 4 is 27.5 Å². The topological polar surface area (TPSA) is 55.2 Å². The van der Waals surface area contributed by atoms with Crippen LogP contribution < -0.4 is 15.0 Å². The zero-order chi connectivity index (χ0) is 18.9. The third-order valence-corrected chi connectivity index (χ3v) is 5.35. The van der Waals surface area contributed by atoms with Gasteiger partial charge in [0.25, 0.3) is 0 Å². The Morgan fingerprint density at radius 2 is 1.79 bits per heavy atom. The normalized spacial score (nSPS) is 14.7. The van der Waals surface area contributed by atoms with E-state index in [1.54, 1.807) is 7.11 Å². The van der Waals surface area contributed by atoms with Crippen LogP contribution in [0.15, 0.2) is 54.9 Å². The quantitative estimate of drug-likeness (QED) is 0.596. The largest absolute Gasteiger partial charge is 0.467 e. The van der Waals surface area contributed by atoms with Crippen molar-refractivity contribution in [3.05, 3.63) is 60.4 Å². The van der Waals surface area contributed by atoms with Crippen molar-refractivity contribution in [2.24, 2.45) is 0 Å². The summed E-state index contributed by atoms with van der Waals surface area (Å²) in [7, 11) is 1.62. The van der Waals surface area contributed by atoms with Gasteiger partial charge in [-0.15, -0.1) is 0 Å². The van der Waals surface area contributed by atoms with Gasteiger partial charge in [0.15, 0.2) is 0 Å². The van der Waals surface area contributed by atoms with E-state index in [9.17, 15) is 0 Å². The van der Waals surface area contributed by atoms with Crippen molar-refractivity contribution in [2.45, 2.75) is 6.54 Å². The number of methoxy groups -OCH3 is 1. The molecule has 0 spiro atoms. The second kappa shape index (κ2) is 7.13. The molecule has 1 N–H and O–H groups in total. The maximum atomic E-state index is 5.37. The van der Waals surface area contributed by atoms with E-state index >= 15 is 0 Å². The van der Waals surface area contributed by atoms with Gasteiger partial charge in [0.1, 0.15) is 5.82 Å². The number of piperazine rings is 1. The molecule has 4 aromatic rings. The predicted octanol–water partition coefficient (Wildman–Crippen LogP) is 3.05. The molecular weight excluding hydrogens is 350 g/mol. The molecule has 0 aliphatic carbocycles. The van der Waals surface area contributed by atoms with Crippen molar-refractivity contribution in [3.8, 4) is 6.01 Å². The van der Waals surface area contributed by atoms with Crippen molar-refractivity contribution in [3.63, 3.8) is 0 Å². The highest BCUT2D eigenvalue weighted by molar-refractivity contribution is 5.90. The molecule has 0 atom stereocenters. The number of hydrogen-bond donors (Lipinski definition) is 1. The van der Waals surface area contributed by atoms with Crippen molar-refractivity contribution in [1.29, 1.82) is 0 Å². The summed E-state index contributed by atoms with van der Waals surface area (Å²) in [5, 5.41) is 7.02. The first-order valence-corrected chi connectivity index (χ1v) is 9.65. The Bertz CT molecular complexity index is 1130. The van der Waals surface area contributed by atoms with E-state index in [1.807, 2.05) is 0 Å². The van der Waals surface area contributed by atoms with Gasteiger partial charge >= 0.3 is 6.01 Å². The zero-order valence-electron chi connectivity index (χ0n) is 15.9. The van der Waals surface area contributed by atoms with Crippen molar-refractivity contribution in [2.75, 3.05) is 38.2 Å². The second-order valence-electron chi connectivity index (χ2n) is 7.14. The van der Waals surface area contributed by atoms with Crippen LogP contribution >= 0.6 is 0 Å². The van der Waals surface area contributed by atoms with E-state index in [2.05, 4.69) is 79.6 Å². The molecule has 0 bridgehead atoms. The molecule has 5 rings (SSSR count). The summed E-state index contributed by atoms with van der Waals surface area (Å²) in [5.41, 5.74) is 2.21. The summed E-state index contributed by atoms with van der Waals surface area (Å²) >= 11 is 0. The standard InChI is InChI=1S/C22H23N5O/c1-28-22-24-20-15-26(13-17-7-4-6-16-5-2-3-8-18(16)17)14-19(20)21(25-22)27-11-9-23-10-12-27/h2-8,14-15,23H,9-13H2,1H3. The Kier molecular flexibility index (Phi) is 4.33. The molecular formula is C22H23N5O. The number of benzene rings is 2. The van der Waals surface area contributed by atoms with Gasteiger partial charge in [0, 0.05) is 45.1 Å². The van der Waals surface area contributed by atoms with E-state index < -0.39 is 0 Å². The summed E-state index contributed by atoms with van der Waals surface area (Å²) in [5.74, 6) is 0.958. The molecule has 0 amide bonds. The lowest BCUT2D eigenvalue weighted by Crippen LogP contribution is -2.44. The Labute approximate surface area is 163 Å². The summed E-state index contributed by atoms with van der Waals surface area (Å²) in [4.78, 5) is 11.6. The summed E-state index contributed by atoms with van der Waals surface area (Å²) in [6.07, 6.45) is 4.25. The number of fused-ring (bicyclic) bond motifs is 2. The molecule has 6 heteroatoms. The van der Waals surface area contributed by atoms with Crippen LogP contribution in [0.4, 0.5) is 5.82 Å². The Balaban J connectivity index is 1.57. The fraction of sp³-hybridized carbons (Fsp3) is 0.273. The molecule has 6 nitrogen and oxygen atoms in total. The van der Waals surface area contributed by atoms with Gasteiger partial charge in [0.2, 0.25) is 0 Å². The summed E-state index contributed by atoms with van der Waals surface area (Å²) < 4.78 is 7.57. The van der Waals surface area contributed by atoms with Crippen LogP contribution in [0.5, 0.6) is 6.01 Å². The minimum atomic E-state index is 0.420. The maximum Gasteiger partial charge on any atom is 0.318 e. The van der Waals surface area contributed by atoms with E-state index in [1.165, 1.54) is 16.3 Å². The van der Waals surface area contributed by atoms with Gasteiger partial charge in [-0.2, -0.15) is 9.97 Å². The minimum Gasteiger partial charge on any atom is -0.467 e. The number of nitrogens with zero attached hydrogens (tertiary/aromatic N) is 4. The third kappa shape index (κ3) is 3.05. The molecule has 3 heterocycles. The van der Waals surface area contributed by atoms with E-state index in [0.717, 1.165) is 49.4 Å². The van der Waals surface area contributed by atoms with Crippen LogP contribution in [0.25, 0.3) is 21.7 Å². The van der Waals surface area contributed by atoms with E-state index in [-0.39, 0.29) is 0 Å². The number of aromatic nitrogens is 3. The molecule has 1 fully saturated rings. The highest BCUT2D eigenvalue weighted by Gasteiger charge is 2.18. The highest BCUT2D eigenvalue weighted by atomic mass is 16.5. The smallest absolute Gasteiger partial charge is 0.318 e. The first-order valence-electron chi connectivity index (χ1n) is 9.65. The lowest BCUT2D eigenvalue weighted by atomic mass is 10.0. The Morgan fingerprint density at radius 3 is 2.64 bits per heavy atom. The average molecular weight is 373 g/mol. The number of anilines is 1. The van der Waals surface area contributed by atoms with Gasteiger partial charge in [-0.3, -0.25) is 0 Å². The van der Waals surface area contributed by atoms with Gasteiger partial charge in [-0.25, -0.2) is 0 Å². The lowest BCUT2D eigenvalue weighted by Gasteiger charge is -2.28. The number of ether oxygens (including phenoxy) is 1. The van der Waals surface area contributed by atoms with Crippen LogP contribution in [-0.2, 0) is 6.54 Å². The second-order valence-corrected chi connectivity index (χ2v) is 7.14. The van der Waals surface area contributed by atoms with Gasteiger partial charge in [-0.05, 0) is 16.3 Å². The first-order chi connectivity index (χ1) is 13.8. The van der Waals surface area contributed by atoms with Gasteiger partial charge in [0.05, 0.1) is 18.0 Å². The lowest BCUT2D eigenvalue weighted by molar-refractivity contribution is 0.381. The predicted molar refractivity (Wildman–Crippen MR) is 112 cm³/mol. The molecule has 28 heavy (non-hydrogen) atoms. The third-order valence-electron chi connectivity index (χ3n) is 5.35. The number of rotatable bonds is 4. The zero-order valence-corrected chi connectivity index (χ0v) is 15.9. The number of nitrogens with one attached hydrogen (secondary N) is 1. The van der Waals surface area contributed by atoms with E-state index in [4.69, 9.17) is 4.74 Å². The fourth-order valence-corrected chi connectivity index (χ4v) is 3.96. The molecule has 0 saturated carbocycles. The SMILES string of the molecule is COc1nc(N2CCNCC2)c2cn(Cc3cccc4ccccc34)cc2n1. The minimum absolute atomic E-state index is 0.420. The molecule has 1 aliphatic heterocycles. The van der Waals surface area contributed by atoms with Crippen LogP contribution in [-0.4, -0.2) is 47.8 Å². The number of hydrogen-bond acceptors (Lipinski definition) is 5. The van der Waals surface area contributed by atoms with Crippen LogP contribution in [0.1, 0.15) is 5.56 Å². The van der Waals surface area contributed by atoms with Crippen molar-refractivity contribution < 1.29 is 4.74 Å². The summed E-state index contributed by atoms with van der Waals surface area (Å²) in [6, 6.07) is 15.4. The molecule has 0 unspecified atom stereocenters. The van der Waals surface area contributed by atoms with Gasteiger partial charge in [-0.1, -0.05) is 42.5 Å². The molecule has 1 aliphatic rings. The van der Waals surface area contributed by atoms with Crippen molar-refractivity contribution in [1.82, 2.24) is 19.9 Å². The fourth-order valence-electron chi connectivity index (χ4n) is 3.96. The maximum absolute atomic E-state index is 5.37. The molecule has 2 aromatic carbocycles. The van der Waals surface area contributed by atoms with E-state index in [0.29, 0.717) is 6.01 Å². The Hall–Kier alpha value is -3.12. The monoisotopic (exact) mass is 373 g/mol. The van der Waals surface area contributed by atoms with Crippen LogP contribution in [0, 0.1) is 0 Å². The molecule has 142 valence electrons. The van der Waals surface area contributed by atoms with Crippen LogP contribution in [0.2, 0.25) is 0 Å². The Morgan fingerprint density at radius 1 is 0.964 bits per heavy atom. The highest BCUT2D eigenvalue weighted by Crippen LogP contribution is 2.28. The molecule has 1 saturated heterocycles. The van der Waals surface area contributed by atoms with Gasteiger partial charge < -0.3 is 19.5 Å². The molecule has 0 radical (unpaired) electrons. The van der Waals surface area contributed by atoms with Crippen LogP contribution in [0.3, 0.4) is 0 Å². The first kappa shape index (κ1) is 17.0. The average Bonchev–Trinajstić information content (AvgIpc) is 3.16.